The Morgan fingerprint density at radius 3 is 2.78 bits per heavy atom. The molecule has 0 saturated heterocycles. The lowest BCUT2D eigenvalue weighted by Gasteiger charge is -2.18. The highest BCUT2D eigenvalue weighted by atomic mass is 19.1. The first kappa shape index (κ1) is 14.4. The molecule has 18 heavy (non-hydrogen) atoms. The summed E-state index contributed by atoms with van der Waals surface area (Å²) in [5.41, 5.74) is 5.86. The van der Waals surface area contributed by atoms with Crippen LogP contribution in [0.3, 0.4) is 0 Å². The van der Waals surface area contributed by atoms with Crippen LogP contribution in [0.4, 0.5) is 10.1 Å². The molecule has 0 aliphatic heterocycles. The predicted molar refractivity (Wildman–Crippen MR) is 69.0 cm³/mol. The van der Waals surface area contributed by atoms with Gasteiger partial charge in [0.2, 0.25) is 5.91 Å². The van der Waals surface area contributed by atoms with E-state index in [2.05, 4.69) is 5.32 Å². The second-order valence-corrected chi connectivity index (χ2v) is 4.25. The molecule has 0 saturated carbocycles. The Kier molecular flexibility index (Phi) is 5.09. The first-order valence-corrected chi connectivity index (χ1v) is 5.89. The summed E-state index contributed by atoms with van der Waals surface area (Å²) in [5.74, 6) is -0.389. The van der Waals surface area contributed by atoms with Crippen LogP contribution in [0.2, 0.25) is 0 Å². The van der Waals surface area contributed by atoms with Gasteiger partial charge < -0.3 is 15.8 Å². The zero-order valence-electron chi connectivity index (χ0n) is 10.9. The van der Waals surface area contributed by atoms with Crippen molar-refractivity contribution in [2.75, 3.05) is 12.4 Å². The number of amides is 1. The quantitative estimate of drug-likeness (QED) is 0.846. The summed E-state index contributed by atoms with van der Waals surface area (Å²) in [5, 5.41) is 2.48. The number of halogens is 1. The standard InChI is InChI=1S/C13H19FN2O2/c1-4-8(2)12(15)13(17)16-11-7-9(18-3)5-6-10(11)14/h5-8,12H,4,15H2,1-3H3,(H,16,17). The van der Waals surface area contributed by atoms with E-state index >= 15 is 0 Å². The summed E-state index contributed by atoms with van der Waals surface area (Å²) in [6, 6.07) is 3.50. The molecule has 1 aromatic carbocycles. The number of methoxy groups -OCH3 is 1. The van der Waals surface area contributed by atoms with Gasteiger partial charge in [-0.3, -0.25) is 4.79 Å². The first-order valence-electron chi connectivity index (χ1n) is 5.89. The summed E-state index contributed by atoms with van der Waals surface area (Å²) >= 11 is 0. The molecule has 0 aliphatic carbocycles. The maximum Gasteiger partial charge on any atom is 0.241 e. The fourth-order valence-corrected chi connectivity index (χ4v) is 1.46. The van der Waals surface area contributed by atoms with Gasteiger partial charge in [0.25, 0.3) is 0 Å². The lowest BCUT2D eigenvalue weighted by molar-refractivity contribution is -0.118. The van der Waals surface area contributed by atoms with E-state index in [0.29, 0.717) is 5.75 Å². The Morgan fingerprint density at radius 1 is 1.56 bits per heavy atom. The fourth-order valence-electron chi connectivity index (χ4n) is 1.46. The number of ether oxygens (including phenoxy) is 1. The maximum absolute atomic E-state index is 13.5. The van der Waals surface area contributed by atoms with E-state index in [0.717, 1.165) is 6.42 Å². The molecule has 100 valence electrons. The van der Waals surface area contributed by atoms with Crippen molar-refractivity contribution < 1.29 is 13.9 Å². The number of anilines is 1. The third kappa shape index (κ3) is 3.43. The Morgan fingerprint density at radius 2 is 2.22 bits per heavy atom. The van der Waals surface area contributed by atoms with E-state index in [-0.39, 0.29) is 11.6 Å². The molecule has 3 N–H and O–H groups in total. The van der Waals surface area contributed by atoms with Crippen molar-refractivity contribution in [3.05, 3.63) is 24.0 Å². The van der Waals surface area contributed by atoms with Crippen LogP contribution in [-0.2, 0) is 4.79 Å². The highest BCUT2D eigenvalue weighted by molar-refractivity contribution is 5.95. The number of hydrogen-bond acceptors (Lipinski definition) is 3. The average molecular weight is 254 g/mol. The molecule has 1 amide bonds. The third-order valence-electron chi connectivity index (χ3n) is 2.99. The molecule has 5 heteroatoms. The largest absolute Gasteiger partial charge is 0.497 e. The number of nitrogens with two attached hydrogens (primary N) is 1. The van der Waals surface area contributed by atoms with Crippen LogP contribution in [0.1, 0.15) is 20.3 Å². The smallest absolute Gasteiger partial charge is 0.241 e. The van der Waals surface area contributed by atoms with Crippen LogP contribution in [-0.4, -0.2) is 19.1 Å². The summed E-state index contributed by atoms with van der Waals surface area (Å²) in [6.07, 6.45) is 0.787. The van der Waals surface area contributed by atoms with Gasteiger partial charge in [-0.25, -0.2) is 4.39 Å². The molecule has 1 aromatic rings. The Bertz CT molecular complexity index is 423. The van der Waals surface area contributed by atoms with Crippen molar-refractivity contribution in [1.82, 2.24) is 0 Å². The van der Waals surface area contributed by atoms with Crippen molar-refractivity contribution in [2.24, 2.45) is 11.7 Å². The monoisotopic (exact) mass is 254 g/mol. The van der Waals surface area contributed by atoms with E-state index in [1.165, 1.54) is 25.3 Å². The topological polar surface area (TPSA) is 64.4 Å². The number of rotatable bonds is 5. The second-order valence-electron chi connectivity index (χ2n) is 4.25. The molecule has 0 bridgehead atoms. The number of carbonyl (C=O) groups is 1. The van der Waals surface area contributed by atoms with Gasteiger partial charge in [-0.15, -0.1) is 0 Å². The van der Waals surface area contributed by atoms with Crippen LogP contribution >= 0.6 is 0 Å². The Labute approximate surface area is 106 Å². The molecule has 4 nitrogen and oxygen atoms in total. The zero-order chi connectivity index (χ0) is 13.7. The Balaban J connectivity index is 2.81. The van der Waals surface area contributed by atoms with Gasteiger partial charge in [0.05, 0.1) is 18.8 Å². The molecule has 0 aliphatic rings. The second kappa shape index (κ2) is 6.35. The predicted octanol–water partition coefficient (Wildman–Crippen LogP) is 2.15. The minimum absolute atomic E-state index is 0.0404. The van der Waals surface area contributed by atoms with Crippen LogP contribution in [0.5, 0.6) is 5.75 Å². The number of hydrogen-bond donors (Lipinski definition) is 2. The van der Waals surface area contributed by atoms with Crippen LogP contribution in [0.15, 0.2) is 18.2 Å². The highest BCUT2D eigenvalue weighted by Crippen LogP contribution is 2.21. The molecule has 0 aromatic heterocycles. The average Bonchev–Trinajstić information content (AvgIpc) is 2.39. The molecule has 1 rings (SSSR count). The Hall–Kier alpha value is -1.62. The van der Waals surface area contributed by atoms with Gasteiger partial charge in [0.15, 0.2) is 0 Å². The fraction of sp³-hybridized carbons (Fsp3) is 0.462. The molecule has 0 spiro atoms. The van der Waals surface area contributed by atoms with E-state index in [9.17, 15) is 9.18 Å². The molecule has 2 atom stereocenters. The van der Waals surface area contributed by atoms with Gasteiger partial charge in [-0.2, -0.15) is 0 Å². The molecule has 2 unspecified atom stereocenters. The number of carbonyl (C=O) groups excluding carboxylic acids is 1. The van der Waals surface area contributed by atoms with Crippen molar-refractivity contribution in [3.8, 4) is 5.75 Å². The summed E-state index contributed by atoms with van der Waals surface area (Å²) in [7, 11) is 1.48. The van der Waals surface area contributed by atoms with Gasteiger partial charge in [0.1, 0.15) is 11.6 Å². The van der Waals surface area contributed by atoms with E-state index in [1.807, 2.05) is 13.8 Å². The zero-order valence-corrected chi connectivity index (χ0v) is 10.9. The van der Waals surface area contributed by atoms with Gasteiger partial charge >= 0.3 is 0 Å². The normalized spacial score (nSPS) is 13.8. The molecular formula is C13H19FN2O2. The molecule has 0 fully saturated rings. The van der Waals surface area contributed by atoms with Gasteiger partial charge in [-0.05, 0) is 18.1 Å². The SMILES string of the molecule is CCC(C)C(N)C(=O)Nc1cc(OC)ccc1F. The number of nitrogens with one attached hydrogen (secondary N) is 1. The van der Waals surface area contributed by atoms with Crippen LogP contribution in [0.25, 0.3) is 0 Å². The van der Waals surface area contributed by atoms with Crippen molar-refractivity contribution in [3.63, 3.8) is 0 Å². The lowest BCUT2D eigenvalue weighted by atomic mass is 9.99. The van der Waals surface area contributed by atoms with Crippen molar-refractivity contribution in [2.45, 2.75) is 26.3 Å². The molecule has 0 heterocycles. The third-order valence-corrected chi connectivity index (χ3v) is 2.99. The highest BCUT2D eigenvalue weighted by Gasteiger charge is 2.20. The minimum atomic E-state index is -0.652. The van der Waals surface area contributed by atoms with Crippen molar-refractivity contribution in [1.29, 1.82) is 0 Å². The summed E-state index contributed by atoms with van der Waals surface area (Å²) < 4.78 is 18.5. The van der Waals surface area contributed by atoms with Gasteiger partial charge in [-0.1, -0.05) is 20.3 Å². The van der Waals surface area contributed by atoms with E-state index < -0.39 is 17.8 Å². The van der Waals surface area contributed by atoms with Crippen LogP contribution < -0.4 is 15.8 Å². The van der Waals surface area contributed by atoms with Crippen molar-refractivity contribution >= 4 is 11.6 Å². The summed E-state index contributed by atoms with van der Waals surface area (Å²) in [4.78, 5) is 11.8. The van der Waals surface area contributed by atoms with Gasteiger partial charge in [0, 0.05) is 6.07 Å². The molecule has 0 radical (unpaired) electrons. The van der Waals surface area contributed by atoms with E-state index in [1.54, 1.807) is 0 Å². The summed E-state index contributed by atoms with van der Waals surface area (Å²) in [6.45, 7) is 3.83. The first-order chi connectivity index (χ1) is 8.49. The molecular weight excluding hydrogens is 235 g/mol. The maximum atomic E-state index is 13.5. The van der Waals surface area contributed by atoms with Crippen LogP contribution in [0, 0.1) is 11.7 Å². The lowest BCUT2D eigenvalue weighted by Crippen LogP contribution is -2.40. The number of benzene rings is 1. The minimum Gasteiger partial charge on any atom is -0.497 e. The van der Waals surface area contributed by atoms with E-state index in [4.69, 9.17) is 10.5 Å².